The van der Waals surface area contributed by atoms with Gasteiger partial charge >= 0.3 is 0 Å². The number of rotatable bonds is 7. The van der Waals surface area contributed by atoms with Crippen molar-refractivity contribution >= 4 is 0 Å². The van der Waals surface area contributed by atoms with E-state index in [9.17, 15) is 0 Å². The minimum Gasteiger partial charge on any atom is -0.320 e. The predicted octanol–water partition coefficient (Wildman–Crippen LogP) is 1.79. The lowest BCUT2D eigenvalue weighted by Crippen LogP contribution is -2.57. The smallest absolute Gasteiger partial charge is 0.0277 e. The van der Waals surface area contributed by atoms with Crippen LogP contribution in [0.25, 0.3) is 0 Å². The summed E-state index contributed by atoms with van der Waals surface area (Å²) in [5.74, 6) is 0. The van der Waals surface area contributed by atoms with Crippen LogP contribution in [-0.2, 0) is 0 Å². The molecule has 1 rings (SSSR count). The van der Waals surface area contributed by atoms with Crippen LogP contribution >= 0.6 is 0 Å². The molecule has 102 valence electrons. The van der Waals surface area contributed by atoms with E-state index in [4.69, 9.17) is 0 Å². The van der Waals surface area contributed by atoms with Gasteiger partial charge in [0, 0.05) is 25.2 Å². The SMILES string of the molecule is CNCCCCCCN1CCN(C)C(C)(C)C1. The van der Waals surface area contributed by atoms with Gasteiger partial charge in [-0.1, -0.05) is 12.8 Å². The second-order valence-electron chi connectivity index (χ2n) is 6.03. The Hall–Kier alpha value is -0.120. The van der Waals surface area contributed by atoms with E-state index in [0.29, 0.717) is 5.54 Å². The third-order valence-corrected chi connectivity index (χ3v) is 4.05. The molecule has 1 saturated heterocycles. The summed E-state index contributed by atoms with van der Waals surface area (Å²) in [5, 5.41) is 3.21. The zero-order valence-corrected chi connectivity index (χ0v) is 12.3. The summed E-state index contributed by atoms with van der Waals surface area (Å²) < 4.78 is 0. The fourth-order valence-electron chi connectivity index (χ4n) is 2.52. The lowest BCUT2D eigenvalue weighted by Gasteiger charge is -2.45. The van der Waals surface area contributed by atoms with Crippen molar-refractivity contribution in [2.45, 2.75) is 45.1 Å². The molecule has 1 fully saturated rings. The first-order valence-corrected chi connectivity index (χ1v) is 7.14. The Kier molecular flexibility index (Phi) is 6.45. The van der Waals surface area contributed by atoms with Crippen molar-refractivity contribution in [2.75, 3.05) is 46.8 Å². The normalized spacial score (nSPS) is 21.9. The Morgan fingerprint density at radius 1 is 1.06 bits per heavy atom. The molecule has 1 aliphatic heterocycles. The molecule has 0 atom stereocenters. The van der Waals surface area contributed by atoms with Crippen LogP contribution < -0.4 is 5.32 Å². The van der Waals surface area contributed by atoms with E-state index in [1.165, 1.54) is 58.4 Å². The van der Waals surface area contributed by atoms with Crippen molar-refractivity contribution in [3.63, 3.8) is 0 Å². The second kappa shape index (κ2) is 7.34. The van der Waals surface area contributed by atoms with Gasteiger partial charge in [0.25, 0.3) is 0 Å². The molecule has 0 aromatic carbocycles. The fourth-order valence-corrected chi connectivity index (χ4v) is 2.52. The maximum atomic E-state index is 3.21. The zero-order chi connectivity index (χ0) is 12.7. The molecule has 1 heterocycles. The van der Waals surface area contributed by atoms with Gasteiger partial charge in [0.1, 0.15) is 0 Å². The summed E-state index contributed by atoms with van der Waals surface area (Å²) in [7, 11) is 4.28. The van der Waals surface area contributed by atoms with Gasteiger partial charge in [0.05, 0.1) is 0 Å². The molecule has 3 heteroatoms. The summed E-state index contributed by atoms with van der Waals surface area (Å²) in [6.07, 6.45) is 5.45. The van der Waals surface area contributed by atoms with Crippen LogP contribution in [0, 0.1) is 0 Å². The molecule has 0 aliphatic carbocycles. The van der Waals surface area contributed by atoms with Crippen LogP contribution in [0.4, 0.5) is 0 Å². The monoisotopic (exact) mass is 241 g/mol. The van der Waals surface area contributed by atoms with Gasteiger partial charge in [-0.15, -0.1) is 0 Å². The van der Waals surface area contributed by atoms with E-state index in [2.05, 4.69) is 36.0 Å². The van der Waals surface area contributed by atoms with Crippen LogP contribution in [0.2, 0.25) is 0 Å². The molecule has 0 spiro atoms. The number of nitrogens with one attached hydrogen (secondary N) is 1. The molecular weight excluding hydrogens is 210 g/mol. The second-order valence-corrected chi connectivity index (χ2v) is 6.03. The van der Waals surface area contributed by atoms with Gasteiger partial charge in [-0.05, 0) is 53.9 Å². The van der Waals surface area contributed by atoms with Gasteiger partial charge in [-0.25, -0.2) is 0 Å². The maximum absolute atomic E-state index is 3.21. The third kappa shape index (κ3) is 5.36. The van der Waals surface area contributed by atoms with Crippen LogP contribution in [0.1, 0.15) is 39.5 Å². The summed E-state index contributed by atoms with van der Waals surface area (Å²) in [6, 6.07) is 0. The topological polar surface area (TPSA) is 18.5 Å². The average Bonchev–Trinajstić information content (AvgIpc) is 2.28. The number of hydrogen-bond acceptors (Lipinski definition) is 3. The Morgan fingerprint density at radius 3 is 2.41 bits per heavy atom. The van der Waals surface area contributed by atoms with E-state index in [-0.39, 0.29) is 0 Å². The molecule has 0 aromatic heterocycles. The molecule has 0 saturated carbocycles. The highest BCUT2D eigenvalue weighted by Crippen LogP contribution is 2.19. The number of likely N-dealkylation sites (N-methyl/N-ethyl adjacent to an activating group) is 1. The first-order chi connectivity index (χ1) is 8.06. The minimum absolute atomic E-state index is 0.352. The summed E-state index contributed by atoms with van der Waals surface area (Å²) in [5.41, 5.74) is 0.352. The number of hydrogen-bond donors (Lipinski definition) is 1. The average molecular weight is 241 g/mol. The standard InChI is InChI=1S/C14H31N3/c1-14(2)13-17(12-11-16(14)4)10-8-6-5-7-9-15-3/h15H,5-13H2,1-4H3. The van der Waals surface area contributed by atoms with Gasteiger partial charge in [0.2, 0.25) is 0 Å². The zero-order valence-electron chi connectivity index (χ0n) is 12.3. The molecule has 3 nitrogen and oxygen atoms in total. The maximum Gasteiger partial charge on any atom is 0.0277 e. The van der Waals surface area contributed by atoms with E-state index in [0.717, 1.165) is 0 Å². The van der Waals surface area contributed by atoms with Crippen molar-refractivity contribution in [1.29, 1.82) is 0 Å². The van der Waals surface area contributed by atoms with Crippen molar-refractivity contribution in [3.8, 4) is 0 Å². The van der Waals surface area contributed by atoms with Gasteiger partial charge in [0.15, 0.2) is 0 Å². The summed E-state index contributed by atoms with van der Waals surface area (Å²) in [4.78, 5) is 5.12. The van der Waals surface area contributed by atoms with E-state index in [1.54, 1.807) is 0 Å². The van der Waals surface area contributed by atoms with E-state index < -0.39 is 0 Å². The van der Waals surface area contributed by atoms with Crippen LogP contribution in [-0.4, -0.2) is 62.2 Å². The molecule has 0 bridgehead atoms. The molecule has 0 aromatic rings. The highest BCUT2D eigenvalue weighted by molar-refractivity contribution is 4.87. The molecule has 1 aliphatic rings. The van der Waals surface area contributed by atoms with Gasteiger partial charge < -0.3 is 10.2 Å². The Bertz CT molecular complexity index is 204. The highest BCUT2D eigenvalue weighted by Gasteiger charge is 2.30. The lowest BCUT2D eigenvalue weighted by molar-refractivity contribution is 0.0393. The lowest BCUT2D eigenvalue weighted by atomic mass is 9.99. The molecule has 0 radical (unpaired) electrons. The van der Waals surface area contributed by atoms with Gasteiger partial charge in [-0.3, -0.25) is 4.90 Å². The number of piperazine rings is 1. The molecule has 17 heavy (non-hydrogen) atoms. The number of nitrogens with zero attached hydrogens (tertiary/aromatic N) is 2. The third-order valence-electron chi connectivity index (χ3n) is 4.05. The minimum atomic E-state index is 0.352. The fraction of sp³-hybridized carbons (Fsp3) is 1.00. The van der Waals surface area contributed by atoms with Crippen LogP contribution in [0.15, 0.2) is 0 Å². The van der Waals surface area contributed by atoms with E-state index in [1.807, 2.05) is 7.05 Å². The quantitative estimate of drug-likeness (QED) is 0.686. The van der Waals surface area contributed by atoms with Crippen molar-refractivity contribution in [1.82, 2.24) is 15.1 Å². The number of unbranched alkanes of at least 4 members (excludes halogenated alkanes) is 3. The van der Waals surface area contributed by atoms with Crippen molar-refractivity contribution in [3.05, 3.63) is 0 Å². The van der Waals surface area contributed by atoms with Crippen LogP contribution in [0.3, 0.4) is 0 Å². The van der Waals surface area contributed by atoms with Crippen molar-refractivity contribution < 1.29 is 0 Å². The van der Waals surface area contributed by atoms with Gasteiger partial charge in [-0.2, -0.15) is 0 Å². The Labute approximate surface area is 108 Å². The molecule has 1 N–H and O–H groups in total. The first kappa shape index (κ1) is 14.9. The van der Waals surface area contributed by atoms with Crippen LogP contribution in [0.5, 0.6) is 0 Å². The molecule has 0 unspecified atom stereocenters. The predicted molar refractivity (Wildman–Crippen MR) is 75.5 cm³/mol. The first-order valence-electron chi connectivity index (χ1n) is 7.14. The largest absolute Gasteiger partial charge is 0.320 e. The van der Waals surface area contributed by atoms with E-state index >= 15 is 0 Å². The van der Waals surface area contributed by atoms with Crippen molar-refractivity contribution in [2.24, 2.45) is 0 Å². The Balaban J connectivity index is 2.08. The summed E-state index contributed by atoms with van der Waals surface area (Å²) in [6.45, 7) is 10.8. The molecular formula is C14H31N3. The molecule has 0 amide bonds. The Morgan fingerprint density at radius 2 is 1.76 bits per heavy atom. The summed E-state index contributed by atoms with van der Waals surface area (Å²) >= 11 is 0. The highest BCUT2D eigenvalue weighted by atomic mass is 15.3.